The fourth-order valence-corrected chi connectivity index (χ4v) is 6.10. The van der Waals surface area contributed by atoms with E-state index in [9.17, 15) is 9.90 Å². The largest absolute Gasteiger partial charge is 0.393 e. The number of fused-ring (bicyclic) bond motifs is 1. The number of aromatic nitrogens is 4. The lowest BCUT2D eigenvalue weighted by atomic mass is 9.73. The Balaban J connectivity index is 1.53. The van der Waals surface area contributed by atoms with Crippen LogP contribution in [0.15, 0.2) is 18.3 Å². The molecule has 36 heavy (non-hydrogen) atoms. The van der Waals surface area contributed by atoms with Crippen LogP contribution in [-0.2, 0) is 4.79 Å². The van der Waals surface area contributed by atoms with Crippen molar-refractivity contribution < 1.29 is 9.90 Å². The Morgan fingerprint density at radius 3 is 2.44 bits per heavy atom. The van der Waals surface area contributed by atoms with Crippen molar-refractivity contribution in [1.82, 2.24) is 19.5 Å². The summed E-state index contributed by atoms with van der Waals surface area (Å²) in [7, 11) is 0. The molecule has 2 aromatic heterocycles. The molecule has 192 valence electrons. The van der Waals surface area contributed by atoms with Crippen LogP contribution in [0.3, 0.4) is 0 Å². The van der Waals surface area contributed by atoms with E-state index < -0.39 is 5.41 Å². The van der Waals surface area contributed by atoms with Gasteiger partial charge in [0, 0.05) is 22.5 Å². The molecule has 1 aromatic carbocycles. The normalized spacial score (nSPS) is 26.3. The Morgan fingerprint density at radius 1 is 1.14 bits per heavy atom. The number of hydrogen-bond donors (Lipinski definition) is 4. The van der Waals surface area contributed by atoms with Crippen molar-refractivity contribution in [3.05, 3.63) is 33.4 Å². The number of aliphatic hydroxyl groups excluding tert-OH is 1. The van der Waals surface area contributed by atoms with Gasteiger partial charge in [0.1, 0.15) is 5.52 Å². The van der Waals surface area contributed by atoms with Crippen molar-refractivity contribution in [3.63, 3.8) is 0 Å². The number of nitrogens with zero attached hydrogens (tertiary/aromatic N) is 4. The molecule has 0 unspecified atom stereocenters. The van der Waals surface area contributed by atoms with E-state index in [1.54, 1.807) is 18.3 Å². The van der Waals surface area contributed by atoms with E-state index in [4.69, 9.17) is 50.5 Å². The summed E-state index contributed by atoms with van der Waals surface area (Å²) in [5.74, 6) is 0.725. The van der Waals surface area contributed by atoms with Crippen molar-refractivity contribution in [2.24, 2.45) is 11.1 Å². The highest BCUT2D eigenvalue weighted by molar-refractivity contribution is 6.41. The van der Waals surface area contributed by atoms with E-state index in [0.29, 0.717) is 63.1 Å². The van der Waals surface area contributed by atoms with Crippen LogP contribution >= 0.6 is 34.8 Å². The number of nitrogens with one attached hydrogen (secondary N) is 2. The number of halogens is 3. The third-order valence-electron chi connectivity index (χ3n) is 7.43. The number of primary amides is 1. The van der Waals surface area contributed by atoms with Gasteiger partial charge in [0.25, 0.3) is 0 Å². The van der Waals surface area contributed by atoms with Gasteiger partial charge < -0.3 is 21.5 Å². The minimum absolute atomic E-state index is 0.0193. The zero-order chi connectivity index (χ0) is 25.6. The predicted octanol–water partition coefficient (Wildman–Crippen LogP) is 5.46. The maximum absolute atomic E-state index is 12.0. The molecule has 2 heterocycles. The van der Waals surface area contributed by atoms with Crippen molar-refractivity contribution in [3.8, 4) is 0 Å². The highest BCUT2D eigenvalue weighted by Gasteiger charge is 2.38. The first-order chi connectivity index (χ1) is 17.1. The summed E-state index contributed by atoms with van der Waals surface area (Å²) in [6.07, 6.45) is 6.42. The zero-order valence-electron chi connectivity index (χ0n) is 19.8. The van der Waals surface area contributed by atoms with Gasteiger partial charge in [-0.2, -0.15) is 4.98 Å². The summed E-state index contributed by atoms with van der Waals surface area (Å²) in [5, 5.41) is 17.7. The van der Waals surface area contributed by atoms with Gasteiger partial charge in [0.05, 0.1) is 28.0 Å². The number of benzene rings is 1. The highest BCUT2D eigenvalue weighted by atomic mass is 35.5. The number of nitrogens with two attached hydrogens (primary N) is 1. The molecule has 12 heteroatoms. The average Bonchev–Trinajstić information content (AvgIpc) is 3.39. The van der Waals surface area contributed by atoms with Crippen LogP contribution in [0.2, 0.25) is 15.1 Å². The maximum Gasteiger partial charge on any atom is 0.224 e. The molecule has 5 N–H and O–H groups in total. The summed E-state index contributed by atoms with van der Waals surface area (Å²) in [6, 6.07) is 3.36. The lowest BCUT2D eigenvalue weighted by Crippen LogP contribution is -2.38. The number of rotatable bonds is 6. The molecule has 2 atom stereocenters. The van der Waals surface area contributed by atoms with Gasteiger partial charge in [0.15, 0.2) is 5.65 Å². The SMILES string of the molecule is CC1(C(N)=O)CCC(n2c(Nc3c(Cl)cc(Cl)cc3Cl)nc3cnc(N[C@H]4CC[C@H](O)C4)nc32)CC1. The first-order valence-electron chi connectivity index (χ1n) is 12.0. The molecule has 2 saturated carbocycles. The molecule has 9 nitrogen and oxygen atoms in total. The summed E-state index contributed by atoms with van der Waals surface area (Å²) >= 11 is 19.0. The molecule has 0 aliphatic heterocycles. The number of carbonyl (C=O) groups excluding carboxylic acids is 1. The molecule has 5 rings (SSSR count). The van der Waals surface area contributed by atoms with Gasteiger partial charge in [-0.1, -0.05) is 41.7 Å². The van der Waals surface area contributed by atoms with Crippen molar-refractivity contribution in [2.75, 3.05) is 10.6 Å². The summed E-state index contributed by atoms with van der Waals surface area (Å²) in [6.45, 7) is 1.92. The second-order valence-corrected chi connectivity index (χ2v) is 11.3. The summed E-state index contributed by atoms with van der Waals surface area (Å²) < 4.78 is 2.04. The fourth-order valence-electron chi connectivity index (χ4n) is 5.18. The number of aliphatic hydroxyl groups is 1. The molecule has 2 fully saturated rings. The minimum Gasteiger partial charge on any atom is -0.393 e. The van der Waals surface area contributed by atoms with Crippen LogP contribution in [0.4, 0.5) is 17.6 Å². The van der Waals surface area contributed by atoms with Crippen LogP contribution < -0.4 is 16.4 Å². The summed E-state index contributed by atoms with van der Waals surface area (Å²) in [4.78, 5) is 26.1. The lowest BCUT2D eigenvalue weighted by molar-refractivity contribution is -0.128. The van der Waals surface area contributed by atoms with Crippen LogP contribution in [0.5, 0.6) is 0 Å². The van der Waals surface area contributed by atoms with Crippen LogP contribution in [0, 0.1) is 5.41 Å². The lowest BCUT2D eigenvalue weighted by Gasteiger charge is -2.35. The fraction of sp³-hybridized carbons (Fsp3) is 0.500. The van der Waals surface area contributed by atoms with Crippen molar-refractivity contribution in [1.29, 1.82) is 0 Å². The third kappa shape index (κ3) is 4.94. The van der Waals surface area contributed by atoms with E-state index >= 15 is 0 Å². The van der Waals surface area contributed by atoms with Gasteiger partial charge >= 0.3 is 0 Å². The summed E-state index contributed by atoms with van der Waals surface area (Å²) in [5.41, 5.74) is 6.90. The minimum atomic E-state index is -0.533. The molecular weight excluding hydrogens is 525 g/mol. The molecule has 1 amide bonds. The standard InChI is InChI=1S/C24H28Cl3N7O2/c1-24(21(28)36)6-4-14(5-7-24)34-20-18(11-29-22(33-20)30-13-2-3-15(35)10-13)31-23(34)32-19-16(26)8-12(25)9-17(19)27/h8-9,11,13-15,35H,2-7,10H2,1H3,(H2,28,36)(H,31,32)(H,29,30,33)/t13-,14?,15-,24?/m0/s1. The molecule has 2 aliphatic carbocycles. The Bertz CT molecular complexity index is 1280. The van der Waals surface area contributed by atoms with Gasteiger partial charge in [-0.25, -0.2) is 9.97 Å². The number of imidazole rings is 1. The Hall–Kier alpha value is -2.33. The van der Waals surface area contributed by atoms with Gasteiger partial charge in [-0.15, -0.1) is 0 Å². The Morgan fingerprint density at radius 2 is 1.83 bits per heavy atom. The average molecular weight is 553 g/mol. The van der Waals surface area contributed by atoms with E-state index in [1.165, 1.54) is 0 Å². The number of anilines is 3. The second-order valence-electron chi connectivity index (χ2n) is 10.0. The number of amides is 1. The molecule has 2 aliphatic rings. The van der Waals surface area contributed by atoms with E-state index in [-0.39, 0.29) is 24.1 Å². The van der Waals surface area contributed by atoms with E-state index in [2.05, 4.69) is 15.6 Å². The molecule has 0 bridgehead atoms. The molecular formula is C24H28Cl3N7O2. The molecule has 0 saturated heterocycles. The maximum atomic E-state index is 12.0. The Kier molecular flexibility index (Phi) is 6.93. The zero-order valence-corrected chi connectivity index (χ0v) is 22.0. The highest BCUT2D eigenvalue weighted by Crippen LogP contribution is 2.44. The predicted molar refractivity (Wildman–Crippen MR) is 142 cm³/mol. The quantitative estimate of drug-likeness (QED) is 0.319. The monoisotopic (exact) mass is 551 g/mol. The topological polar surface area (TPSA) is 131 Å². The Labute approximate surface area is 223 Å². The van der Waals surface area contributed by atoms with Crippen LogP contribution in [-0.4, -0.2) is 42.7 Å². The van der Waals surface area contributed by atoms with Crippen molar-refractivity contribution in [2.45, 2.75) is 70.1 Å². The first kappa shape index (κ1) is 25.3. The third-order valence-corrected chi connectivity index (χ3v) is 8.25. The second kappa shape index (κ2) is 9.85. The van der Waals surface area contributed by atoms with Crippen LogP contribution in [0.25, 0.3) is 11.2 Å². The van der Waals surface area contributed by atoms with Gasteiger partial charge in [-0.3, -0.25) is 9.36 Å². The molecule has 3 aromatic rings. The number of carbonyl (C=O) groups is 1. The van der Waals surface area contributed by atoms with Crippen molar-refractivity contribution >= 4 is 69.5 Å². The molecule has 0 radical (unpaired) electrons. The van der Waals surface area contributed by atoms with E-state index in [1.807, 2.05) is 11.5 Å². The molecule has 0 spiro atoms. The smallest absolute Gasteiger partial charge is 0.224 e. The number of hydrogen-bond acceptors (Lipinski definition) is 7. The van der Waals surface area contributed by atoms with Crippen LogP contribution in [0.1, 0.15) is 57.9 Å². The van der Waals surface area contributed by atoms with Gasteiger partial charge in [0.2, 0.25) is 17.8 Å². The van der Waals surface area contributed by atoms with E-state index in [0.717, 1.165) is 25.7 Å². The van der Waals surface area contributed by atoms with Gasteiger partial charge in [-0.05, 0) is 57.1 Å². The first-order valence-corrected chi connectivity index (χ1v) is 13.2.